The van der Waals surface area contributed by atoms with Gasteiger partial charge in [-0.1, -0.05) is 51.1 Å². The molecule has 0 radical (unpaired) electrons. The second kappa shape index (κ2) is 4.70. The van der Waals surface area contributed by atoms with Crippen LogP contribution in [0.5, 0.6) is 0 Å². The molecule has 0 amide bonds. The fraction of sp³-hybridized carbons (Fsp3) is 0.312. The Morgan fingerprint density at radius 2 is 1.83 bits per heavy atom. The lowest BCUT2D eigenvalue weighted by Crippen LogP contribution is -2.09. The number of aromatic nitrogens is 1. The van der Waals surface area contributed by atoms with Crippen LogP contribution >= 0.6 is 0 Å². The average molecular weight is 238 g/mol. The minimum absolute atomic E-state index is 0.0769. The summed E-state index contributed by atoms with van der Waals surface area (Å²) in [6.07, 6.45) is 2.09. The topological polar surface area (TPSA) is 28.7 Å². The van der Waals surface area contributed by atoms with Crippen LogP contribution < -0.4 is 0 Å². The molecule has 92 valence electrons. The van der Waals surface area contributed by atoms with Gasteiger partial charge < -0.3 is 4.57 Å². The first-order valence-corrected chi connectivity index (χ1v) is 6.15. The maximum Gasteiger partial charge on any atom is 0.120 e. The molecule has 0 bridgehead atoms. The quantitative estimate of drug-likeness (QED) is 0.784. The monoisotopic (exact) mass is 238 g/mol. The maximum absolute atomic E-state index is 9.20. The van der Waals surface area contributed by atoms with Gasteiger partial charge in [0.15, 0.2) is 0 Å². The van der Waals surface area contributed by atoms with Crippen LogP contribution in [0.2, 0.25) is 0 Å². The van der Waals surface area contributed by atoms with Crippen molar-refractivity contribution in [2.24, 2.45) is 0 Å². The van der Waals surface area contributed by atoms with Gasteiger partial charge in [-0.2, -0.15) is 5.26 Å². The molecule has 1 aromatic heterocycles. The van der Waals surface area contributed by atoms with Gasteiger partial charge in [0.25, 0.3) is 0 Å². The van der Waals surface area contributed by atoms with E-state index in [1.807, 2.05) is 28.8 Å². The van der Waals surface area contributed by atoms with E-state index in [1.54, 1.807) is 0 Å². The van der Waals surface area contributed by atoms with E-state index in [9.17, 15) is 5.26 Å². The number of nitrogens with zero attached hydrogens (tertiary/aromatic N) is 2. The summed E-state index contributed by atoms with van der Waals surface area (Å²) in [5.74, 6) is 0. The standard InChI is InChI=1S/C16H18N2/c1-16(2,3)14-9-15(10-17)18(12-14)11-13-7-5-4-6-8-13/h4-9,12H,11H2,1-3H3. The van der Waals surface area contributed by atoms with Gasteiger partial charge in [0.05, 0.1) is 0 Å². The number of hydrogen-bond acceptors (Lipinski definition) is 1. The van der Waals surface area contributed by atoms with Crippen LogP contribution in [0.4, 0.5) is 0 Å². The second-order valence-corrected chi connectivity index (χ2v) is 5.59. The molecule has 0 N–H and O–H groups in total. The van der Waals surface area contributed by atoms with E-state index >= 15 is 0 Å². The van der Waals surface area contributed by atoms with Gasteiger partial charge in [-0.25, -0.2) is 0 Å². The van der Waals surface area contributed by atoms with Gasteiger partial charge >= 0.3 is 0 Å². The molecular formula is C16H18N2. The molecule has 0 unspecified atom stereocenters. The summed E-state index contributed by atoms with van der Waals surface area (Å²) >= 11 is 0. The van der Waals surface area contributed by atoms with E-state index in [4.69, 9.17) is 0 Å². The molecule has 0 atom stereocenters. The fourth-order valence-corrected chi connectivity index (χ4v) is 1.92. The Kier molecular flexibility index (Phi) is 3.25. The molecular weight excluding hydrogens is 220 g/mol. The lowest BCUT2D eigenvalue weighted by atomic mass is 9.89. The van der Waals surface area contributed by atoms with Crippen molar-refractivity contribution in [3.63, 3.8) is 0 Å². The van der Waals surface area contributed by atoms with Crippen molar-refractivity contribution in [3.05, 3.63) is 59.4 Å². The Hall–Kier alpha value is -2.01. The highest BCUT2D eigenvalue weighted by Gasteiger charge is 2.17. The lowest BCUT2D eigenvalue weighted by molar-refractivity contribution is 0.588. The van der Waals surface area contributed by atoms with Crippen LogP contribution in [-0.2, 0) is 12.0 Å². The highest BCUT2D eigenvalue weighted by molar-refractivity contribution is 5.33. The molecule has 0 aliphatic rings. The first kappa shape index (κ1) is 12.4. The van der Waals surface area contributed by atoms with Gasteiger partial charge in [0.2, 0.25) is 0 Å². The zero-order valence-corrected chi connectivity index (χ0v) is 11.1. The van der Waals surface area contributed by atoms with Crippen LogP contribution in [0.3, 0.4) is 0 Å². The molecule has 2 rings (SSSR count). The fourth-order valence-electron chi connectivity index (χ4n) is 1.92. The van der Waals surface area contributed by atoms with Gasteiger partial charge in [0.1, 0.15) is 11.8 Å². The van der Waals surface area contributed by atoms with Gasteiger partial charge in [-0.3, -0.25) is 0 Å². The largest absolute Gasteiger partial charge is 0.335 e. The van der Waals surface area contributed by atoms with Crippen molar-refractivity contribution in [1.82, 2.24) is 4.57 Å². The van der Waals surface area contributed by atoms with Crippen LogP contribution in [0.25, 0.3) is 0 Å². The zero-order chi connectivity index (χ0) is 13.2. The van der Waals surface area contributed by atoms with Crippen molar-refractivity contribution in [2.45, 2.75) is 32.7 Å². The SMILES string of the molecule is CC(C)(C)c1cc(C#N)n(Cc2ccccc2)c1. The molecule has 18 heavy (non-hydrogen) atoms. The van der Waals surface area contributed by atoms with Crippen LogP contribution in [0, 0.1) is 11.3 Å². The third-order valence-corrected chi connectivity index (χ3v) is 3.07. The minimum Gasteiger partial charge on any atom is -0.335 e. The number of hydrogen-bond donors (Lipinski definition) is 0. The first-order chi connectivity index (χ1) is 8.50. The molecule has 2 aromatic rings. The predicted octanol–water partition coefficient (Wildman–Crippen LogP) is 3.71. The van der Waals surface area contributed by atoms with Crippen molar-refractivity contribution < 1.29 is 0 Å². The molecule has 1 heterocycles. The van der Waals surface area contributed by atoms with Crippen LogP contribution in [-0.4, -0.2) is 4.57 Å². The predicted molar refractivity (Wildman–Crippen MR) is 73.4 cm³/mol. The molecule has 1 aromatic carbocycles. The Morgan fingerprint density at radius 1 is 1.17 bits per heavy atom. The highest BCUT2D eigenvalue weighted by atomic mass is 15.0. The van der Waals surface area contributed by atoms with Crippen molar-refractivity contribution >= 4 is 0 Å². The van der Waals surface area contributed by atoms with Crippen LogP contribution in [0.1, 0.15) is 37.6 Å². The summed E-state index contributed by atoms with van der Waals surface area (Å²) in [6.45, 7) is 7.24. The van der Waals surface area contributed by atoms with Gasteiger partial charge in [-0.15, -0.1) is 0 Å². The molecule has 0 aliphatic carbocycles. The van der Waals surface area contributed by atoms with Crippen molar-refractivity contribution in [1.29, 1.82) is 5.26 Å². The van der Waals surface area contributed by atoms with Crippen molar-refractivity contribution in [3.8, 4) is 6.07 Å². The average Bonchev–Trinajstić information content (AvgIpc) is 2.73. The second-order valence-electron chi connectivity index (χ2n) is 5.59. The lowest BCUT2D eigenvalue weighted by Gasteiger charge is -2.15. The molecule has 0 spiro atoms. The number of benzene rings is 1. The Morgan fingerprint density at radius 3 is 2.39 bits per heavy atom. The van der Waals surface area contributed by atoms with Gasteiger partial charge in [0, 0.05) is 12.7 Å². The number of nitriles is 1. The Balaban J connectivity index is 2.34. The van der Waals surface area contributed by atoms with E-state index in [-0.39, 0.29) is 5.41 Å². The summed E-state index contributed by atoms with van der Waals surface area (Å²) in [5.41, 5.74) is 3.22. The number of rotatable bonds is 2. The molecule has 0 fully saturated rings. The molecule has 0 saturated carbocycles. The Labute approximate surface area is 108 Å². The third kappa shape index (κ3) is 2.62. The molecule has 2 heteroatoms. The Bertz CT molecular complexity index is 565. The normalized spacial score (nSPS) is 11.2. The maximum atomic E-state index is 9.20. The highest BCUT2D eigenvalue weighted by Crippen LogP contribution is 2.24. The molecule has 0 aliphatic heterocycles. The zero-order valence-electron chi connectivity index (χ0n) is 11.1. The van der Waals surface area contributed by atoms with Gasteiger partial charge in [-0.05, 0) is 22.6 Å². The van der Waals surface area contributed by atoms with E-state index < -0.39 is 0 Å². The van der Waals surface area contributed by atoms with E-state index in [0.29, 0.717) is 0 Å². The summed E-state index contributed by atoms with van der Waals surface area (Å²) in [6, 6.07) is 14.5. The van der Waals surface area contributed by atoms with E-state index in [1.165, 1.54) is 11.1 Å². The smallest absolute Gasteiger partial charge is 0.120 e. The summed E-state index contributed by atoms with van der Waals surface area (Å²) in [7, 11) is 0. The summed E-state index contributed by atoms with van der Waals surface area (Å²) in [4.78, 5) is 0. The van der Waals surface area contributed by atoms with Crippen LogP contribution in [0.15, 0.2) is 42.6 Å². The summed E-state index contributed by atoms with van der Waals surface area (Å²) in [5, 5.41) is 9.20. The molecule has 2 nitrogen and oxygen atoms in total. The third-order valence-electron chi connectivity index (χ3n) is 3.07. The molecule has 0 saturated heterocycles. The minimum atomic E-state index is 0.0769. The first-order valence-electron chi connectivity index (χ1n) is 6.15. The summed E-state index contributed by atoms with van der Waals surface area (Å²) < 4.78 is 2.02. The van der Waals surface area contributed by atoms with E-state index in [0.717, 1.165) is 12.2 Å². The van der Waals surface area contributed by atoms with Crippen molar-refractivity contribution in [2.75, 3.05) is 0 Å². The van der Waals surface area contributed by atoms with E-state index in [2.05, 4.69) is 45.2 Å².